The van der Waals surface area contributed by atoms with Gasteiger partial charge >= 0.3 is 0 Å². The number of benzene rings is 1. The first-order valence-corrected chi connectivity index (χ1v) is 6.71. The van der Waals surface area contributed by atoms with Crippen molar-refractivity contribution < 1.29 is 9.13 Å². The largest absolute Gasteiger partial charge is 0.492 e. The van der Waals surface area contributed by atoms with E-state index in [4.69, 9.17) is 10.5 Å². The molecule has 0 radical (unpaired) electrons. The second-order valence-corrected chi connectivity index (χ2v) is 4.78. The van der Waals surface area contributed by atoms with Gasteiger partial charge < -0.3 is 10.5 Å². The molecular formula is C16H19FN2O. The van der Waals surface area contributed by atoms with Crippen LogP contribution in [0.4, 0.5) is 4.39 Å². The Bertz CT molecular complexity index is 586. The zero-order valence-electron chi connectivity index (χ0n) is 11.8. The number of hydrogen-bond donors (Lipinski definition) is 1. The maximum absolute atomic E-state index is 13.1. The van der Waals surface area contributed by atoms with Crippen LogP contribution in [-0.2, 0) is 0 Å². The molecule has 2 aromatic rings. The Morgan fingerprint density at radius 3 is 2.80 bits per heavy atom. The van der Waals surface area contributed by atoms with Gasteiger partial charge in [-0.25, -0.2) is 4.39 Å². The summed E-state index contributed by atoms with van der Waals surface area (Å²) in [5.74, 6) is 0.455. The molecule has 1 atom stereocenters. The van der Waals surface area contributed by atoms with Crippen molar-refractivity contribution in [2.75, 3.05) is 6.61 Å². The van der Waals surface area contributed by atoms with Crippen molar-refractivity contribution in [2.24, 2.45) is 5.73 Å². The molecular weight excluding hydrogens is 255 g/mol. The smallest absolute Gasteiger partial charge is 0.137 e. The summed E-state index contributed by atoms with van der Waals surface area (Å²) in [6.45, 7) is 4.55. The maximum Gasteiger partial charge on any atom is 0.137 e. The summed E-state index contributed by atoms with van der Waals surface area (Å²) in [5.41, 5.74) is 8.82. The summed E-state index contributed by atoms with van der Waals surface area (Å²) < 4.78 is 18.7. The van der Waals surface area contributed by atoms with Crippen molar-refractivity contribution in [3.05, 3.63) is 59.2 Å². The standard InChI is InChI=1S/C16H19FN2O/c1-3-6-20-14-8-12(9-19-10-14)16(18)15-5-4-13(17)7-11(15)2/h4-5,7-10,16H,3,6,18H2,1-2H3. The van der Waals surface area contributed by atoms with E-state index in [2.05, 4.69) is 4.98 Å². The van der Waals surface area contributed by atoms with E-state index in [1.165, 1.54) is 12.1 Å². The Kier molecular flexibility index (Phi) is 4.69. The van der Waals surface area contributed by atoms with E-state index in [9.17, 15) is 4.39 Å². The van der Waals surface area contributed by atoms with Gasteiger partial charge in [0.2, 0.25) is 0 Å². The van der Waals surface area contributed by atoms with Crippen molar-refractivity contribution in [3.8, 4) is 5.75 Å². The number of hydrogen-bond acceptors (Lipinski definition) is 3. The lowest BCUT2D eigenvalue weighted by Crippen LogP contribution is -2.14. The fourth-order valence-corrected chi connectivity index (χ4v) is 2.07. The Labute approximate surface area is 118 Å². The monoisotopic (exact) mass is 274 g/mol. The van der Waals surface area contributed by atoms with E-state index in [-0.39, 0.29) is 11.9 Å². The molecule has 0 aliphatic carbocycles. The molecule has 0 aliphatic heterocycles. The molecule has 3 nitrogen and oxygen atoms in total. The second kappa shape index (κ2) is 6.48. The number of ether oxygens (including phenoxy) is 1. The fraction of sp³-hybridized carbons (Fsp3) is 0.312. The predicted octanol–water partition coefficient (Wildman–Crippen LogP) is 3.37. The number of nitrogens with two attached hydrogens (primary N) is 1. The summed E-state index contributed by atoms with van der Waals surface area (Å²) in [5, 5.41) is 0. The lowest BCUT2D eigenvalue weighted by molar-refractivity contribution is 0.315. The Morgan fingerprint density at radius 2 is 2.10 bits per heavy atom. The van der Waals surface area contributed by atoms with Crippen LogP contribution in [0.5, 0.6) is 5.75 Å². The lowest BCUT2D eigenvalue weighted by atomic mass is 9.97. The van der Waals surface area contributed by atoms with Gasteiger partial charge in [-0.2, -0.15) is 0 Å². The van der Waals surface area contributed by atoms with E-state index in [1.54, 1.807) is 18.5 Å². The fourth-order valence-electron chi connectivity index (χ4n) is 2.07. The lowest BCUT2D eigenvalue weighted by Gasteiger charge is -2.16. The molecule has 0 bridgehead atoms. The van der Waals surface area contributed by atoms with E-state index < -0.39 is 0 Å². The Balaban J connectivity index is 2.26. The first-order valence-electron chi connectivity index (χ1n) is 6.71. The van der Waals surface area contributed by atoms with Gasteiger partial charge in [0.05, 0.1) is 18.8 Å². The van der Waals surface area contributed by atoms with Crippen LogP contribution < -0.4 is 10.5 Å². The molecule has 0 spiro atoms. The average Bonchev–Trinajstić information content (AvgIpc) is 2.45. The zero-order chi connectivity index (χ0) is 14.5. The SMILES string of the molecule is CCCOc1cncc(C(N)c2ccc(F)cc2C)c1. The molecule has 0 aliphatic rings. The van der Waals surface area contributed by atoms with Crippen molar-refractivity contribution in [2.45, 2.75) is 26.3 Å². The molecule has 2 N–H and O–H groups in total. The van der Waals surface area contributed by atoms with Crippen LogP contribution in [0.25, 0.3) is 0 Å². The normalized spacial score (nSPS) is 12.2. The molecule has 106 valence electrons. The summed E-state index contributed by atoms with van der Waals surface area (Å²) in [7, 11) is 0. The van der Waals surface area contributed by atoms with Crippen LogP contribution in [0.3, 0.4) is 0 Å². The molecule has 4 heteroatoms. The van der Waals surface area contributed by atoms with Gasteiger partial charge in [0.15, 0.2) is 0 Å². The number of aryl methyl sites for hydroxylation is 1. The number of nitrogens with zero attached hydrogens (tertiary/aromatic N) is 1. The predicted molar refractivity (Wildman–Crippen MR) is 77.2 cm³/mol. The van der Waals surface area contributed by atoms with Gasteiger partial charge in [-0.15, -0.1) is 0 Å². The minimum absolute atomic E-state index is 0.253. The third kappa shape index (κ3) is 3.33. The van der Waals surface area contributed by atoms with Gasteiger partial charge in [0.1, 0.15) is 11.6 Å². The molecule has 0 saturated carbocycles. The summed E-state index contributed by atoms with van der Waals surface area (Å²) in [6, 6.07) is 6.17. The van der Waals surface area contributed by atoms with Gasteiger partial charge in [-0.3, -0.25) is 4.98 Å². The molecule has 1 heterocycles. The first-order chi connectivity index (χ1) is 9.61. The van der Waals surface area contributed by atoms with Crippen LogP contribution in [0.15, 0.2) is 36.7 Å². The minimum Gasteiger partial charge on any atom is -0.492 e. The highest BCUT2D eigenvalue weighted by Gasteiger charge is 2.13. The average molecular weight is 274 g/mol. The second-order valence-electron chi connectivity index (χ2n) is 4.78. The number of rotatable bonds is 5. The van der Waals surface area contributed by atoms with Gasteiger partial charge in [0, 0.05) is 6.20 Å². The van der Waals surface area contributed by atoms with Gasteiger partial charge in [0.25, 0.3) is 0 Å². The molecule has 0 saturated heterocycles. The highest BCUT2D eigenvalue weighted by atomic mass is 19.1. The molecule has 0 fully saturated rings. The molecule has 1 aromatic carbocycles. The van der Waals surface area contributed by atoms with Crippen LogP contribution in [-0.4, -0.2) is 11.6 Å². The molecule has 1 aromatic heterocycles. The Hall–Kier alpha value is -1.94. The Morgan fingerprint density at radius 1 is 1.30 bits per heavy atom. The van der Waals surface area contributed by atoms with E-state index >= 15 is 0 Å². The number of halogens is 1. The highest BCUT2D eigenvalue weighted by Crippen LogP contribution is 2.25. The van der Waals surface area contributed by atoms with Crippen molar-refractivity contribution in [3.63, 3.8) is 0 Å². The summed E-state index contributed by atoms with van der Waals surface area (Å²) >= 11 is 0. The van der Waals surface area contributed by atoms with Crippen LogP contribution in [0.2, 0.25) is 0 Å². The van der Waals surface area contributed by atoms with Crippen LogP contribution >= 0.6 is 0 Å². The zero-order valence-corrected chi connectivity index (χ0v) is 11.8. The van der Waals surface area contributed by atoms with Crippen molar-refractivity contribution in [1.29, 1.82) is 0 Å². The third-order valence-electron chi connectivity index (χ3n) is 3.13. The maximum atomic E-state index is 13.1. The van der Waals surface area contributed by atoms with E-state index in [1.807, 2.05) is 19.9 Å². The molecule has 20 heavy (non-hydrogen) atoms. The quantitative estimate of drug-likeness (QED) is 0.909. The highest BCUT2D eigenvalue weighted by molar-refractivity contribution is 5.37. The van der Waals surface area contributed by atoms with Gasteiger partial charge in [-0.1, -0.05) is 13.0 Å². The summed E-state index contributed by atoms with van der Waals surface area (Å²) in [6.07, 6.45) is 4.32. The molecule has 0 amide bonds. The number of pyridine rings is 1. The van der Waals surface area contributed by atoms with E-state index in [0.717, 1.165) is 23.1 Å². The summed E-state index contributed by atoms with van der Waals surface area (Å²) in [4.78, 5) is 4.15. The topological polar surface area (TPSA) is 48.1 Å². The first kappa shape index (κ1) is 14.5. The van der Waals surface area contributed by atoms with Crippen molar-refractivity contribution >= 4 is 0 Å². The van der Waals surface area contributed by atoms with Crippen LogP contribution in [0, 0.1) is 12.7 Å². The van der Waals surface area contributed by atoms with E-state index in [0.29, 0.717) is 12.4 Å². The molecule has 1 unspecified atom stereocenters. The van der Waals surface area contributed by atoms with Crippen molar-refractivity contribution in [1.82, 2.24) is 4.98 Å². The number of aromatic nitrogens is 1. The minimum atomic E-state index is -0.340. The molecule has 2 rings (SSSR count). The van der Waals surface area contributed by atoms with Gasteiger partial charge in [-0.05, 0) is 48.2 Å². The third-order valence-corrected chi connectivity index (χ3v) is 3.13. The van der Waals surface area contributed by atoms with Crippen LogP contribution in [0.1, 0.15) is 36.1 Å².